The standard InChI is InChI=1S/C18H26N4/c1-14-18(15(2)21-20-14)12-19-17-8-10-22(11-9-17)13-16-6-4-3-5-7-16/h3-7,17,19H,8-13H2,1-2H3,(H,20,21). The van der Waals surface area contributed by atoms with Gasteiger partial charge in [0.1, 0.15) is 0 Å². The molecule has 0 aliphatic carbocycles. The predicted octanol–water partition coefficient (Wildman–Crippen LogP) is 2.78. The molecule has 0 bridgehead atoms. The van der Waals surface area contributed by atoms with Crippen LogP contribution in [0.25, 0.3) is 0 Å². The Kier molecular flexibility index (Phi) is 4.90. The molecular formula is C18H26N4. The Bertz CT molecular complexity index is 563. The van der Waals surface area contributed by atoms with Crippen molar-refractivity contribution in [3.05, 3.63) is 52.8 Å². The Balaban J connectivity index is 1.44. The summed E-state index contributed by atoms with van der Waals surface area (Å²) in [5, 5.41) is 11.0. The van der Waals surface area contributed by atoms with E-state index in [-0.39, 0.29) is 0 Å². The van der Waals surface area contributed by atoms with E-state index in [1.54, 1.807) is 0 Å². The van der Waals surface area contributed by atoms with E-state index in [0.717, 1.165) is 18.8 Å². The smallest absolute Gasteiger partial charge is 0.0638 e. The van der Waals surface area contributed by atoms with Crippen molar-refractivity contribution >= 4 is 0 Å². The van der Waals surface area contributed by atoms with E-state index < -0.39 is 0 Å². The van der Waals surface area contributed by atoms with Crippen molar-refractivity contribution in [2.45, 2.75) is 45.8 Å². The van der Waals surface area contributed by atoms with Gasteiger partial charge in [-0.25, -0.2) is 0 Å². The minimum atomic E-state index is 0.626. The fraction of sp³-hybridized carbons (Fsp3) is 0.500. The number of hydrogen-bond donors (Lipinski definition) is 2. The maximum atomic E-state index is 4.27. The lowest BCUT2D eigenvalue weighted by Gasteiger charge is -2.32. The molecule has 4 heteroatoms. The molecule has 2 aromatic rings. The lowest BCUT2D eigenvalue weighted by atomic mass is 10.0. The van der Waals surface area contributed by atoms with Crippen LogP contribution in [0.2, 0.25) is 0 Å². The molecule has 0 unspecified atom stereocenters. The van der Waals surface area contributed by atoms with E-state index in [2.05, 4.69) is 64.6 Å². The van der Waals surface area contributed by atoms with Gasteiger partial charge in [0.15, 0.2) is 0 Å². The fourth-order valence-electron chi connectivity index (χ4n) is 3.22. The summed E-state index contributed by atoms with van der Waals surface area (Å²) >= 11 is 0. The van der Waals surface area contributed by atoms with Gasteiger partial charge in [0.05, 0.1) is 5.69 Å². The normalized spacial score (nSPS) is 17.0. The number of rotatable bonds is 5. The summed E-state index contributed by atoms with van der Waals surface area (Å²) in [6, 6.07) is 11.4. The van der Waals surface area contributed by atoms with Crippen molar-refractivity contribution < 1.29 is 0 Å². The van der Waals surface area contributed by atoms with Crippen LogP contribution in [-0.4, -0.2) is 34.2 Å². The highest BCUT2D eigenvalue weighted by atomic mass is 15.1. The third-order valence-corrected chi connectivity index (χ3v) is 4.68. The molecule has 1 aliphatic rings. The zero-order valence-electron chi connectivity index (χ0n) is 13.6. The van der Waals surface area contributed by atoms with Gasteiger partial charge in [0, 0.05) is 30.4 Å². The number of aromatic amines is 1. The van der Waals surface area contributed by atoms with E-state index in [1.807, 2.05) is 0 Å². The second kappa shape index (κ2) is 7.07. The summed E-state index contributed by atoms with van der Waals surface area (Å²) in [5.74, 6) is 0. The molecule has 0 saturated carbocycles. The molecule has 0 radical (unpaired) electrons. The van der Waals surface area contributed by atoms with Crippen LogP contribution in [0, 0.1) is 13.8 Å². The average Bonchev–Trinajstić information content (AvgIpc) is 2.86. The van der Waals surface area contributed by atoms with Gasteiger partial charge in [-0.1, -0.05) is 30.3 Å². The maximum Gasteiger partial charge on any atom is 0.0638 e. The van der Waals surface area contributed by atoms with E-state index in [9.17, 15) is 0 Å². The van der Waals surface area contributed by atoms with E-state index in [1.165, 1.54) is 42.8 Å². The molecule has 22 heavy (non-hydrogen) atoms. The van der Waals surface area contributed by atoms with Gasteiger partial charge in [-0.3, -0.25) is 10.00 Å². The summed E-state index contributed by atoms with van der Waals surface area (Å²) in [6.45, 7) is 8.53. The summed E-state index contributed by atoms with van der Waals surface area (Å²) in [6.07, 6.45) is 2.45. The number of aromatic nitrogens is 2. The molecule has 1 fully saturated rings. The molecule has 1 aromatic heterocycles. The highest BCUT2D eigenvalue weighted by molar-refractivity contribution is 5.22. The number of H-pyrrole nitrogens is 1. The molecule has 118 valence electrons. The molecule has 3 rings (SSSR count). The minimum Gasteiger partial charge on any atom is -0.310 e. The van der Waals surface area contributed by atoms with Gasteiger partial charge in [-0.15, -0.1) is 0 Å². The van der Waals surface area contributed by atoms with Gasteiger partial charge in [0.2, 0.25) is 0 Å². The van der Waals surface area contributed by atoms with Gasteiger partial charge in [-0.2, -0.15) is 5.10 Å². The lowest BCUT2D eigenvalue weighted by Crippen LogP contribution is -2.41. The predicted molar refractivity (Wildman–Crippen MR) is 89.6 cm³/mol. The summed E-state index contributed by atoms with van der Waals surface area (Å²) in [7, 11) is 0. The molecule has 0 spiro atoms. The average molecular weight is 298 g/mol. The van der Waals surface area contributed by atoms with Crippen LogP contribution in [0.3, 0.4) is 0 Å². The molecule has 4 nitrogen and oxygen atoms in total. The van der Waals surface area contributed by atoms with Crippen LogP contribution >= 0.6 is 0 Å². The van der Waals surface area contributed by atoms with Crippen molar-refractivity contribution in [3.8, 4) is 0 Å². The number of benzene rings is 1. The van der Waals surface area contributed by atoms with Gasteiger partial charge >= 0.3 is 0 Å². The molecule has 1 aromatic carbocycles. The zero-order valence-corrected chi connectivity index (χ0v) is 13.6. The Morgan fingerprint density at radius 3 is 2.55 bits per heavy atom. The number of likely N-dealkylation sites (tertiary alicyclic amines) is 1. The quantitative estimate of drug-likeness (QED) is 0.892. The highest BCUT2D eigenvalue weighted by Gasteiger charge is 2.19. The first-order chi connectivity index (χ1) is 10.7. The molecule has 1 aliphatic heterocycles. The summed E-state index contributed by atoms with van der Waals surface area (Å²) < 4.78 is 0. The van der Waals surface area contributed by atoms with Gasteiger partial charge < -0.3 is 5.32 Å². The Morgan fingerprint density at radius 2 is 1.91 bits per heavy atom. The second-order valence-electron chi connectivity index (χ2n) is 6.33. The molecular weight excluding hydrogens is 272 g/mol. The third-order valence-electron chi connectivity index (χ3n) is 4.68. The largest absolute Gasteiger partial charge is 0.310 e. The minimum absolute atomic E-state index is 0.626. The number of hydrogen-bond acceptors (Lipinski definition) is 3. The van der Waals surface area contributed by atoms with Crippen LogP contribution in [0.1, 0.15) is 35.4 Å². The van der Waals surface area contributed by atoms with Crippen LogP contribution < -0.4 is 5.32 Å². The first-order valence-electron chi connectivity index (χ1n) is 8.22. The Morgan fingerprint density at radius 1 is 1.18 bits per heavy atom. The number of piperidine rings is 1. The number of nitrogens with zero attached hydrogens (tertiary/aromatic N) is 2. The van der Waals surface area contributed by atoms with Crippen molar-refractivity contribution in [3.63, 3.8) is 0 Å². The Hall–Kier alpha value is -1.65. The van der Waals surface area contributed by atoms with Gasteiger partial charge in [-0.05, 0) is 45.3 Å². The van der Waals surface area contributed by atoms with Crippen LogP contribution in [-0.2, 0) is 13.1 Å². The first kappa shape index (κ1) is 15.3. The van der Waals surface area contributed by atoms with Crippen LogP contribution in [0.5, 0.6) is 0 Å². The van der Waals surface area contributed by atoms with Gasteiger partial charge in [0.25, 0.3) is 0 Å². The monoisotopic (exact) mass is 298 g/mol. The topological polar surface area (TPSA) is 44.0 Å². The molecule has 2 N–H and O–H groups in total. The van der Waals surface area contributed by atoms with Crippen molar-refractivity contribution in [1.82, 2.24) is 20.4 Å². The van der Waals surface area contributed by atoms with E-state index in [0.29, 0.717) is 6.04 Å². The van der Waals surface area contributed by atoms with Crippen LogP contribution in [0.4, 0.5) is 0 Å². The van der Waals surface area contributed by atoms with Crippen molar-refractivity contribution in [2.24, 2.45) is 0 Å². The molecule has 1 saturated heterocycles. The van der Waals surface area contributed by atoms with Crippen LogP contribution in [0.15, 0.2) is 30.3 Å². The summed E-state index contributed by atoms with van der Waals surface area (Å²) in [4.78, 5) is 2.56. The SMILES string of the molecule is Cc1n[nH]c(C)c1CNC1CCN(Cc2ccccc2)CC1. The summed E-state index contributed by atoms with van der Waals surface area (Å²) in [5.41, 5.74) is 5.04. The number of aryl methyl sites for hydroxylation is 2. The van der Waals surface area contributed by atoms with E-state index >= 15 is 0 Å². The van der Waals surface area contributed by atoms with Crippen molar-refractivity contribution in [1.29, 1.82) is 0 Å². The van der Waals surface area contributed by atoms with Crippen molar-refractivity contribution in [2.75, 3.05) is 13.1 Å². The molecule has 0 atom stereocenters. The fourth-order valence-corrected chi connectivity index (χ4v) is 3.22. The number of nitrogens with one attached hydrogen (secondary N) is 2. The first-order valence-corrected chi connectivity index (χ1v) is 8.22. The molecule has 0 amide bonds. The second-order valence-corrected chi connectivity index (χ2v) is 6.33. The maximum absolute atomic E-state index is 4.27. The zero-order chi connectivity index (χ0) is 15.4. The Labute approximate surface area is 132 Å². The third kappa shape index (κ3) is 3.76. The molecule has 2 heterocycles. The highest BCUT2D eigenvalue weighted by Crippen LogP contribution is 2.15. The van der Waals surface area contributed by atoms with E-state index in [4.69, 9.17) is 0 Å². The lowest BCUT2D eigenvalue weighted by molar-refractivity contribution is 0.190.